The van der Waals surface area contributed by atoms with Crippen molar-refractivity contribution in [3.8, 4) is 0 Å². The summed E-state index contributed by atoms with van der Waals surface area (Å²) in [6, 6.07) is 8.73. The van der Waals surface area contributed by atoms with Gasteiger partial charge in [0.15, 0.2) is 0 Å². The van der Waals surface area contributed by atoms with Crippen LogP contribution in [0.1, 0.15) is 5.56 Å². The van der Waals surface area contributed by atoms with E-state index >= 15 is 0 Å². The van der Waals surface area contributed by atoms with Gasteiger partial charge in [0.2, 0.25) is 6.10 Å². The minimum absolute atomic E-state index is 0.0469. The van der Waals surface area contributed by atoms with E-state index in [0.717, 1.165) is 5.56 Å². The van der Waals surface area contributed by atoms with Gasteiger partial charge < -0.3 is 4.74 Å². The van der Waals surface area contributed by atoms with Gasteiger partial charge in [-0.25, -0.2) is 8.37 Å². The first-order chi connectivity index (χ1) is 9.28. The molecule has 2 rings (SSSR count). The van der Waals surface area contributed by atoms with E-state index in [2.05, 4.69) is 8.37 Å². The van der Waals surface area contributed by atoms with Crippen molar-refractivity contribution in [2.75, 3.05) is 6.61 Å². The zero-order valence-corrected chi connectivity index (χ0v) is 10.9. The van der Waals surface area contributed by atoms with E-state index in [-0.39, 0.29) is 6.61 Å². The molecule has 0 saturated carbocycles. The Hall–Kier alpha value is -1.16. The van der Waals surface area contributed by atoms with Gasteiger partial charge in [0.25, 0.3) is 0 Å². The summed E-state index contributed by atoms with van der Waals surface area (Å²) in [5, 5.41) is 0. The maximum Gasteiger partial charge on any atom is 0.418 e. The van der Waals surface area contributed by atoms with Gasteiger partial charge in [-0.15, -0.1) is 0 Å². The molecule has 20 heavy (non-hydrogen) atoms. The van der Waals surface area contributed by atoms with Crippen LogP contribution in [0.15, 0.2) is 30.3 Å². The van der Waals surface area contributed by atoms with Crippen LogP contribution < -0.4 is 0 Å². The zero-order chi connectivity index (χ0) is 14.8. The molecule has 5 nitrogen and oxygen atoms in total. The predicted octanol–water partition coefficient (Wildman–Crippen LogP) is 1.79. The lowest BCUT2D eigenvalue weighted by Gasteiger charge is -2.17. The molecule has 1 aromatic carbocycles. The second-order valence-electron chi connectivity index (χ2n) is 4.10. The molecule has 1 fully saturated rings. The van der Waals surface area contributed by atoms with Crippen molar-refractivity contribution >= 4 is 10.4 Å². The third kappa shape index (κ3) is 3.92. The molecule has 9 heteroatoms. The van der Waals surface area contributed by atoms with E-state index in [1.54, 1.807) is 30.3 Å². The molecule has 0 bridgehead atoms. The Kier molecular flexibility index (Phi) is 4.33. The molecule has 0 unspecified atom stereocenters. The summed E-state index contributed by atoms with van der Waals surface area (Å²) < 4.78 is 72.8. The monoisotopic (exact) mass is 312 g/mol. The largest absolute Gasteiger partial charge is 0.418 e. The zero-order valence-electron chi connectivity index (χ0n) is 10.0. The Bertz CT molecular complexity index is 543. The number of benzene rings is 1. The number of alkyl halides is 3. The number of halogens is 3. The lowest BCUT2D eigenvalue weighted by molar-refractivity contribution is -0.205. The minimum atomic E-state index is -4.84. The standard InChI is InChI=1S/C11H11F3O5S/c12-11(13,14)10-9(18-20(15,16)19-10)7-17-6-8-4-2-1-3-5-8/h1-5,9-10H,6-7H2/t9-,10+/m1/s1. The summed E-state index contributed by atoms with van der Waals surface area (Å²) >= 11 is 0. The van der Waals surface area contributed by atoms with Crippen LogP contribution in [0, 0.1) is 0 Å². The molecule has 1 heterocycles. The van der Waals surface area contributed by atoms with Crippen LogP contribution in [-0.4, -0.2) is 33.4 Å². The van der Waals surface area contributed by atoms with E-state index in [1.165, 1.54) is 0 Å². The quantitative estimate of drug-likeness (QED) is 0.848. The normalized spacial score (nSPS) is 25.8. The average Bonchev–Trinajstić information content (AvgIpc) is 2.66. The van der Waals surface area contributed by atoms with Gasteiger partial charge in [-0.3, -0.25) is 0 Å². The van der Waals surface area contributed by atoms with E-state index < -0.39 is 35.4 Å². The maximum absolute atomic E-state index is 12.6. The van der Waals surface area contributed by atoms with Crippen LogP contribution >= 0.6 is 0 Å². The average molecular weight is 312 g/mol. The highest BCUT2D eigenvalue weighted by Crippen LogP contribution is 2.34. The Morgan fingerprint density at radius 2 is 1.80 bits per heavy atom. The first-order valence-corrected chi connectivity index (χ1v) is 6.91. The van der Waals surface area contributed by atoms with Crippen molar-refractivity contribution in [2.45, 2.75) is 25.0 Å². The van der Waals surface area contributed by atoms with Crippen LogP contribution in [0.3, 0.4) is 0 Å². The molecule has 112 valence electrons. The summed E-state index contributed by atoms with van der Waals surface area (Å²) in [7, 11) is -4.62. The number of hydrogen-bond donors (Lipinski definition) is 0. The number of rotatable bonds is 4. The van der Waals surface area contributed by atoms with Crippen LogP contribution in [0.25, 0.3) is 0 Å². The predicted molar refractivity (Wildman–Crippen MR) is 60.8 cm³/mol. The summed E-state index contributed by atoms with van der Waals surface area (Å²) in [4.78, 5) is 0. The first kappa shape index (κ1) is 15.2. The first-order valence-electron chi connectivity index (χ1n) is 5.58. The molecule has 1 aliphatic rings. The fraction of sp³-hybridized carbons (Fsp3) is 0.455. The van der Waals surface area contributed by atoms with Crippen molar-refractivity contribution in [3.05, 3.63) is 35.9 Å². The summed E-state index contributed by atoms with van der Waals surface area (Å²) in [5.41, 5.74) is 0.748. The SMILES string of the molecule is O=S1(=O)O[C@H](COCc2ccccc2)[C@@H](C(F)(F)F)O1. The van der Waals surface area contributed by atoms with Crippen molar-refractivity contribution in [1.82, 2.24) is 0 Å². The summed E-state index contributed by atoms with van der Waals surface area (Å²) in [5.74, 6) is 0. The van der Waals surface area contributed by atoms with Crippen molar-refractivity contribution in [2.24, 2.45) is 0 Å². The van der Waals surface area contributed by atoms with Crippen molar-refractivity contribution in [1.29, 1.82) is 0 Å². The molecule has 1 aliphatic heterocycles. The highest BCUT2D eigenvalue weighted by atomic mass is 32.3. The van der Waals surface area contributed by atoms with Gasteiger partial charge in [0, 0.05) is 0 Å². The number of ether oxygens (including phenoxy) is 1. The van der Waals surface area contributed by atoms with E-state index in [9.17, 15) is 21.6 Å². The van der Waals surface area contributed by atoms with Gasteiger partial charge in [-0.05, 0) is 5.56 Å². The van der Waals surface area contributed by atoms with Crippen molar-refractivity contribution in [3.63, 3.8) is 0 Å². The van der Waals surface area contributed by atoms with E-state index in [0.29, 0.717) is 0 Å². The van der Waals surface area contributed by atoms with Gasteiger partial charge in [0.05, 0.1) is 13.2 Å². The lowest BCUT2D eigenvalue weighted by atomic mass is 10.2. The molecular formula is C11H11F3O5S. The smallest absolute Gasteiger partial charge is 0.374 e. The molecule has 0 aliphatic carbocycles. The number of hydrogen-bond acceptors (Lipinski definition) is 5. The second kappa shape index (κ2) is 5.68. The molecule has 1 aromatic rings. The van der Waals surface area contributed by atoms with Gasteiger partial charge >= 0.3 is 16.6 Å². The van der Waals surface area contributed by atoms with Gasteiger partial charge in [-0.2, -0.15) is 21.6 Å². The molecule has 0 radical (unpaired) electrons. The topological polar surface area (TPSA) is 61.8 Å². The Labute approximate surface area is 113 Å². The Morgan fingerprint density at radius 3 is 2.40 bits per heavy atom. The van der Waals surface area contributed by atoms with Crippen LogP contribution in [0.2, 0.25) is 0 Å². The fourth-order valence-electron chi connectivity index (χ4n) is 1.66. The molecule has 0 amide bonds. The van der Waals surface area contributed by atoms with E-state index in [1.807, 2.05) is 0 Å². The van der Waals surface area contributed by atoms with Crippen LogP contribution in [0.4, 0.5) is 13.2 Å². The summed E-state index contributed by atoms with van der Waals surface area (Å²) in [6.45, 7) is -0.496. The highest BCUT2D eigenvalue weighted by molar-refractivity contribution is 7.82. The Balaban J connectivity index is 1.94. The maximum atomic E-state index is 12.6. The fourth-order valence-corrected chi connectivity index (χ4v) is 2.65. The minimum Gasteiger partial charge on any atom is -0.374 e. The van der Waals surface area contributed by atoms with Gasteiger partial charge in [0.1, 0.15) is 6.10 Å². The van der Waals surface area contributed by atoms with Crippen LogP contribution in [-0.2, 0) is 30.1 Å². The molecule has 1 saturated heterocycles. The van der Waals surface area contributed by atoms with E-state index in [4.69, 9.17) is 4.74 Å². The Morgan fingerprint density at radius 1 is 1.15 bits per heavy atom. The van der Waals surface area contributed by atoms with Crippen molar-refractivity contribution < 1.29 is 34.7 Å². The highest BCUT2D eigenvalue weighted by Gasteiger charge is 2.55. The lowest BCUT2D eigenvalue weighted by Crippen LogP contribution is -2.40. The third-order valence-electron chi connectivity index (χ3n) is 2.52. The third-order valence-corrected chi connectivity index (χ3v) is 3.44. The molecule has 0 spiro atoms. The molecular weight excluding hydrogens is 301 g/mol. The second-order valence-corrected chi connectivity index (χ2v) is 5.30. The molecule has 0 N–H and O–H groups in total. The summed E-state index contributed by atoms with van der Waals surface area (Å²) in [6.07, 6.45) is -9.11. The van der Waals surface area contributed by atoms with Crippen LogP contribution in [0.5, 0.6) is 0 Å². The molecule has 0 aromatic heterocycles. The molecule has 2 atom stereocenters. The van der Waals surface area contributed by atoms with Gasteiger partial charge in [-0.1, -0.05) is 30.3 Å².